The fraction of sp³-hybridized carbons (Fsp3) is 0.158. The van der Waals surface area contributed by atoms with Gasteiger partial charge in [0.25, 0.3) is 11.5 Å². The van der Waals surface area contributed by atoms with E-state index in [1.807, 2.05) is 0 Å². The Labute approximate surface area is 159 Å². The number of carboxylic acids is 1. The van der Waals surface area contributed by atoms with Crippen molar-refractivity contribution in [1.82, 2.24) is 14.9 Å². The average Bonchev–Trinajstić information content (AvgIpc) is 2.63. The van der Waals surface area contributed by atoms with Gasteiger partial charge in [-0.15, -0.1) is 0 Å². The van der Waals surface area contributed by atoms with Crippen molar-refractivity contribution in [3.05, 3.63) is 74.7 Å². The third kappa shape index (κ3) is 4.15. The first-order valence-electron chi connectivity index (χ1n) is 8.11. The third-order valence-corrected chi connectivity index (χ3v) is 4.23. The van der Waals surface area contributed by atoms with Gasteiger partial charge in [0.15, 0.2) is 0 Å². The molecule has 0 saturated heterocycles. The second kappa shape index (κ2) is 7.59. The average molecular weight is 386 g/mol. The van der Waals surface area contributed by atoms with Crippen LogP contribution in [-0.4, -0.2) is 26.5 Å². The Kier molecular flexibility index (Phi) is 5.23. The van der Waals surface area contributed by atoms with Gasteiger partial charge in [-0.2, -0.15) is 0 Å². The van der Waals surface area contributed by atoms with E-state index in [0.717, 1.165) is 10.1 Å². The zero-order valence-corrected chi connectivity index (χ0v) is 15.2. The molecule has 0 aliphatic rings. The highest BCUT2D eigenvalue weighted by Crippen LogP contribution is 2.13. The number of amides is 1. The second-order valence-corrected chi connectivity index (χ2v) is 6.45. The first-order valence-corrected chi connectivity index (χ1v) is 8.48. The fourth-order valence-corrected chi connectivity index (χ4v) is 2.79. The molecule has 3 rings (SSSR count). The van der Waals surface area contributed by atoms with Crippen LogP contribution in [0.1, 0.15) is 21.6 Å². The summed E-state index contributed by atoms with van der Waals surface area (Å²) in [6.07, 6.45) is 0. The van der Waals surface area contributed by atoms with E-state index < -0.39 is 24.0 Å². The lowest BCUT2D eigenvalue weighted by atomic mass is 10.1. The Morgan fingerprint density at radius 1 is 1.19 bits per heavy atom. The number of hydrogen-bond donors (Lipinski definition) is 2. The van der Waals surface area contributed by atoms with Crippen LogP contribution < -0.4 is 10.9 Å². The first kappa shape index (κ1) is 18.6. The smallest absolute Gasteiger partial charge is 0.323 e. The SMILES string of the molecule is Cc1ccc2cc(C(=O)NCc3ccc(Cl)cc3)c(=O)n(CC(=O)O)c2n1. The Bertz CT molecular complexity index is 1090. The van der Waals surface area contributed by atoms with Crippen molar-refractivity contribution >= 4 is 34.5 Å². The maximum Gasteiger partial charge on any atom is 0.323 e. The molecule has 0 radical (unpaired) electrons. The van der Waals surface area contributed by atoms with Crippen molar-refractivity contribution in [2.45, 2.75) is 20.0 Å². The molecule has 2 heterocycles. The van der Waals surface area contributed by atoms with E-state index in [0.29, 0.717) is 16.1 Å². The van der Waals surface area contributed by atoms with Gasteiger partial charge in [0.05, 0.1) is 0 Å². The minimum absolute atomic E-state index is 0.136. The topological polar surface area (TPSA) is 101 Å². The van der Waals surface area contributed by atoms with Crippen LogP contribution in [0, 0.1) is 6.92 Å². The summed E-state index contributed by atoms with van der Waals surface area (Å²) in [5, 5.41) is 12.9. The summed E-state index contributed by atoms with van der Waals surface area (Å²) in [5.41, 5.74) is 0.856. The minimum Gasteiger partial charge on any atom is -0.480 e. The highest BCUT2D eigenvalue weighted by molar-refractivity contribution is 6.30. The molecule has 1 aromatic carbocycles. The molecule has 0 spiro atoms. The van der Waals surface area contributed by atoms with Crippen LogP contribution in [0.15, 0.2) is 47.3 Å². The highest BCUT2D eigenvalue weighted by atomic mass is 35.5. The standard InChI is InChI=1S/C19H16ClN3O4/c1-11-2-5-13-8-15(19(27)23(10-16(24)25)17(13)22-11)18(26)21-9-12-3-6-14(20)7-4-12/h2-8H,9-10H2,1H3,(H,21,26)(H,24,25). The van der Waals surface area contributed by atoms with Crippen molar-refractivity contribution in [1.29, 1.82) is 0 Å². The summed E-state index contributed by atoms with van der Waals surface area (Å²) in [5.74, 6) is -1.78. The molecule has 7 nitrogen and oxygen atoms in total. The van der Waals surface area contributed by atoms with Crippen molar-refractivity contribution in [3.63, 3.8) is 0 Å². The van der Waals surface area contributed by atoms with E-state index in [-0.39, 0.29) is 17.8 Å². The summed E-state index contributed by atoms with van der Waals surface area (Å²) >= 11 is 5.83. The van der Waals surface area contributed by atoms with Gasteiger partial charge in [-0.05, 0) is 42.8 Å². The Hall–Kier alpha value is -3.19. The number of carbonyl (C=O) groups excluding carboxylic acids is 1. The van der Waals surface area contributed by atoms with Crippen LogP contribution >= 0.6 is 11.6 Å². The van der Waals surface area contributed by atoms with Crippen LogP contribution in [0.3, 0.4) is 0 Å². The number of aromatic nitrogens is 2. The number of nitrogens with zero attached hydrogens (tertiary/aromatic N) is 2. The lowest BCUT2D eigenvalue weighted by molar-refractivity contribution is -0.137. The van der Waals surface area contributed by atoms with Crippen molar-refractivity contribution in [2.24, 2.45) is 0 Å². The molecule has 8 heteroatoms. The van der Waals surface area contributed by atoms with Gasteiger partial charge in [0.1, 0.15) is 17.8 Å². The number of pyridine rings is 2. The van der Waals surface area contributed by atoms with E-state index >= 15 is 0 Å². The summed E-state index contributed by atoms with van der Waals surface area (Å²) in [6, 6.07) is 11.8. The van der Waals surface area contributed by atoms with Gasteiger partial charge >= 0.3 is 5.97 Å². The number of carboxylic acid groups (broad SMARTS) is 1. The number of aliphatic carboxylic acids is 1. The number of fused-ring (bicyclic) bond motifs is 1. The summed E-state index contributed by atoms with van der Waals surface area (Å²) in [7, 11) is 0. The molecule has 0 fully saturated rings. The van der Waals surface area contributed by atoms with Gasteiger partial charge in [0, 0.05) is 22.6 Å². The van der Waals surface area contributed by atoms with Crippen LogP contribution in [0.25, 0.3) is 11.0 Å². The molecule has 0 aliphatic carbocycles. The van der Waals surface area contributed by atoms with Crippen molar-refractivity contribution in [2.75, 3.05) is 0 Å². The number of carbonyl (C=O) groups is 2. The Morgan fingerprint density at radius 3 is 2.56 bits per heavy atom. The normalized spacial score (nSPS) is 10.7. The van der Waals surface area contributed by atoms with E-state index in [4.69, 9.17) is 16.7 Å². The monoisotopic (exact) mass is 385 g/mol. The Morgan fingerprint density at radius 2 is 1.89 bits per heavy atom. The predicted molar refractivity (Wildman–Crippen MR) is 101 cm³/mol. The van der Waals surface area contributed by atoms with Gasteiger partial charge in [0.2, 0.25) is 0 Å². The van der Waals surface area contributed by atoms with Crippen molar-refractivity contribution < 1.29 is 14.7 Å². The van der Waals surface area contributed by atoms with E-state index in [1.54, 1.807) is 43.3 Å². The van der Waals surface area contributed by atoms with Crippen LogP contribution in [0.4, 0.5) is 0 Å². The quantitative estimate of drug-likeness (QED) is 0.702. The van der Waals surface area contributed by atoms with E-state index in [1.165, 1.54) is 6.07 Å². The first-order chi connectivity index (χ1) is 12.8. The molecule has 2 N–H and O–H groups in total. The fourth-order valence-electron chi connectivity index (χ4n) is 2.67. The largest absolute Gasteiger partial charge is 0.480 e. The van der Waals surface area contributed by atoms with Crippen LogP contribution in [0.2, 0.25) is 5.02 Å². The van der Waals surface area contributed by atoms with Gasteiger partial charge in [-0.3, -0.25) is 19.0 Å². The number of aryl methyl sites for hydroxylation is 1. The zero-order valence-electron chi connectivity index (χ0n) is 14.4. The summed E-state index contributed by atoms with van der Waals surface area (Å²) in [6.45, 7) is 1.37. The molecular formula is C19H16ClN3O4. The van der Waals surface area contributed by atoms with Crippen LogP contribution in [0.5, 0.6) is 0 Å². The summed E-state index contributed by atoms with van der Waals surface area (Å²) < 4.78 is 1.00. The maximum atomic E-state index is 12.7. The maximum absolute atomic E-state index is 12.7. The Balaban J connectivity index is 1.97. The number of benzene rings is 1. The van der Waals surface area contributed by atoms with E-state index in [9.17, 15) is 14.4 Å². The second-order valence-electron chi connectivity index (χ2n) is 6.02. The predicted octanol–water partition coefficient (Wildman–Crippen LogP) is 2.37. The van der Waals surface area contributed by atoms with Gasteiger partial charge in [-0.25, -0.2) is 4.98 Å². The molecule has 0 unspecified atom stereocenters. The number of halogens is 1. The molecule has 0 saturated carbocycles. The summed E-state index contributed by atoms with van der Waals surface area (Å²) in [4.78, 5) is 40.7. The molecule has 2 aromatic heterocycles. The van der Waals surface area contributed by atoms with Crippen LogP contribution in [-0.2, 0) is 17.9 Å². The lowest BCUT2D eigenvalue weighted by Gasteiger charge is -2.11. The highest BCUT2D eigenvalue weighted by Gasteiger charge is 2.18. The number of rotatable bonds is 5. The molecule has 138 valence electrons. The molecule has 0 atom stereocenters. The van der Waals surface area contributed by atoms with Gasteiger partial charge in [-0.1, -0.05) is 23.7 Å². The molecule has 1 amide bonds. The van der Waals surface area contributed by atoms with E-state index in [2.05, 4.69) is 10.3 Å². The minimum atomic E-state index is -1.19. The number of hydrogen-bond acceptors (Lipinski definition) is 4. The molecule has 0 aliphatic heterocycles. The molecule has 3 aromatic rings. The lowest BCUT2D eigenvalue weighted by Crippen LogP contribution is -2.34. The molecule has 27 heavy (non-hydrogen) atoms. The van der Waals surface area contributed by atoms with Gasteiger partial charge < -0.3 is 10.4 Å². The molecular weight excluding hydrogens is 370 g/mol. The molecule has 0 bridgehead atoms. The third-order valence-electron chi connectivity index (χ3n) is 3.98. The van der Waals surface area contributed by atoms with Crippen molar-refractivity contribution in [3.8, 4) is 0 Å². The number of nitrogens with one attached hydrogen (secondary N) is 1. The zero-order chi connectivity index (χ0) is 19.6.